The molecule has 0 fully saturated rings. The van der Waals surface area contributed by atoms with Gasteiger partial charge in [0.25, 0.3) is 0 Å². The Bertz CT molecular complexity index is 341. The van der Waals surface area contributed by atoms with Crippen molar-refractivity contribution in [1.29, 1.82) is 0 Å². The van der Waals surface area contributed by atoms with E-state index in [1.165, 1.54) is 6.92 Å². The maximum Gasteiger partial charge on any atom is 0.308 e. The van der Waals surface area contributed by atoms with Gasteiger partial charge in [-0.1, -0.05) is 17.9 Å². The second-order valence-corrected chi connectivity index (χ2v) is 3.22. The van der Waals surface area contributed by atoms with E-state index in [1.54, 1.807) is 31.2 Å². The van der Waals surface area contributed by atoms with Crippen molar-refractivity contribution in [2.24, 2.45) is 0 Å². The third kappa shape index (κ3) is 3.65. The van der Waals surface area contributed by atoms with E-state index in [-0.39, 0.29) is 5.97 Å². The van der Waals surface area contributed by atoms with Gasteiger partial charge < -0.3 is 4.74 Å². The molecule has 0 aromatic rings. The van der Waals surface area contributed by atoms with Crippen molar-refractivity contribution in [2.45, 2.75) is 13.8 Å². The van der Waals surface area contributed by atoms with Gasteiger partial charge in [-0.2, -0.15) is 0 Å². The van der Waals surface area contributed by atoms with Crippen LogP contribution in [0, 0.1) is 5.38 Å². The second kappa shape index (κ2) is 4.85. The van der Waals surface area contributed by atoms with Crippen LogP contribution in [0.4, 0.5) is 0 Å². The number of carbonyl (C=O) groups is 1. The van der Waals surface area contributed by atoms with Crippen molar-refractivity contribution in [2.75, 3.05) is 0 Å². The fourth-order valence-electron chi connectivity index (χ4n) is 0.978. The molecule has 0 saturated heterocycles. The molecule has 2 nitrogen and oxygen atoms in total. The molecule has 0 aromatic heterocycles. The second-order valence-electron chi connectivity index (χ2n) is 2.78. The number of halogens is 1. The SMILES string of the molecule is CC(=O)OC(C)=C=C1C=C[C](Cl)C=C1. The van der Waals surface area contributed by atoms with E-state index < -0.39 is 0 Å². The van der Waals surface area contributed by atoms with Gasteiger partial charge in [0.05, 0.1) is 0 Å². The number of carbonyl (C=O) groups excluding carboxylic acids is 1. The molecule has 0 atom stereocenters. The van der Waals surface area contributed by atoms with Crippen LogP contribution in [0.1, 0.15) is 13.8 Å². The first-order valence-corrected chi connectivity index (χ1v) is 4.50. The van der Waals surface area contributed by atoms with E-state index in [2.05, 4.69) is 5.73 Å². The van der Waals surface area contributed by atoms with Crippen molar-refractivity contribution < 1.29 is 9.53 Å². The van der Waals surface area contributed by atoms with Crippen LogP contribution in [0.25, 0.3) is 0 Å². The van der Waals surface area contributed by atoms with E-state index in [0.29, 0.717) is 11.1 Å². The molecule has 0 aliphatic heterocycles. The largest absolute Gasteiger partial charge is 0.423 e. The molecule has 3 heteroatoms. The molecular formula is C11H10ClO2. The Balaban J connectivity index is 2.82. The molecule has 1 radical (unpaired) electrons. The van der Waals surface area contributed by atoms with Gasteiger partial charge in [-0.25, -0.2) is 0 Å². The summed E-state index contributed by atoms with van der Waals surface area (Å²) in [4.78, 5) is 10.6. The molecule has 0 amide bonds. The zero-order valence-corrected chi connectivity index (χ0v) is 8.76. The fourth-order valence-corrected chi connectivity index (χ4v) is 1.10. The van der Waals surface area contributed by atoms with Crippen LogP contribution in [0.15, 0.2) is 41.4 Å². The van der Waals surface area contributed by atoms with Crippen molar-refractivity contribution >= 4 is 17.6 Å². The van der Waals surface area contributed by atoms with Crippen LogP contribution >= 0.6 is 11.6 Å². The minimum atomic E-state index is -0.344. The van der Waals surface area contributed by atoms with E-state index in [9.17, 15) is 4.79 Å². The summed E-state index contributed by atoms with van der Waals surface area (Å²) >= 11 is 5.71. The van der Waals surface area contributed by atoms with Gasteiger partial charge in [0, 0.05) is 19.4 Å². The summed E-state index contributed by atoms with van der Waals surface area (Å²) in [6, 6.07) is 0. The van der Waals surface area contributed by atoms with Crippen molar-refractivity contribution in [1.82, 2.24) is 0 Å². The predicted octanol–water partition coefficient (Wildman–Crippen LogP) is 2.88. The monoisotopic (exact) mass is 209 g/mol. The summed E-state index contributed by atoms with van der Waals surface area (Å²) in [6.45, 7) is 3.03. The summed E-state index contributed by atoms with van der Waals surface area (Å²) < 4.78 is 4.82. The number of hydrogen-bond acceptors (Lipinski definition) is 2. The molecule has 14 heavy (non-hydrogen) atoms. The van der Waals surface area contributed by atoms with Crippen molar-refractivity contribution in [3.63, 3.8) is 0 Å². The minimum absolute atomic E-state index is 0.344. The van der Waals surface area contributed by atoms with Gasteiger partial charge in [0.1, 0.15) is 11.1 Å². The lowest BCUT2D eigenvalue weighted by Gasteiger charge is -2.01. The first-order valence-electron chi connectivity index (χ1n) is 4.12. The third-order valence-electron chi connectivity index (χ3n) is 1.46. The molecule has 0 saturated carbocycles. The molecule has 0 aromatic carbocycles. The average molecular weight is 210 g/mol. The molecule has 73 valence electrons. The number of allylic oxidation sites excluding steroid dienone is 5. The lowest BCUT2D eigenvalue weighted by atomic mass is 10.1. The van der Waals surface area contributed by atoms with Crippen molar-refractivity contribution in [3.8, 4) is 0 Å². The molecule has 1 aliphatic carbocycles. The van der Waals surface area contributed by atoms with Crippen LogP contribution in [0.2, 0.25) is 0 Å². The Hall–Kier alpha value is -1.24. The molecule has 0 unspecified atom stereocenters. The molecule has 1 aliphatic rings. The maximum absolute atomic E-state index is 10.6. The summed E-state index contributed by atoms with van der Waals surface area (Å²) in [7, 11) is 0. The van der Waals surface area contributed by atoms with Gasteiger partial charge in [0.15, 0.2) is 0 Å². The standard InChI is InChI=1S/C11H10ClO2/c1-8(14-9(2)13)7-10-3-5-11(12)6-4-10/h3-6H,1-2H3. The molecule has 0 N–H and O–H groups in total. The normalized spacial score (nSPS) is 15.2. The van der Waals surface area contributed by atoms with E-state index in [1.807, 2.05) is 0 Å². The number of rotatable bonds is 1. The lowest BCUT2D eigenvalue weighted by molar-refractivity contribution is -0.136. The third-order valence-corrected chi connectivity index (χ3v) is 1.71. The van der Waals surface area contributed by atoms with Crippen LogP contribution in [0.5, 0.6) is 0 Å². The number of hydrogen-bond donors (Lipinski definition) is 0. The first-order chi connectivity index (χ1) is 6.58. The van der Waals surface area contributed by atoms with Crippen molar-refractivity contribution in [3.05, 3.63) is 46.7 Å². The smallest absolute Gasteiger partial charge is 0.308 e. The van der Waals surface area contributed by atoms with Gasteiger partial charge in [0.2, 0.25) is 0 Å². The number of ether oxygens (including phenoxy) is 1. The maximum atomic E-state index is 10.6. The fraction of sp³-hybridized carbons (Fsp3) is 0.182. The van der Waals surface area contributed by atoms with Crippen LogP contribution in [-0.2, 0) is 9.53 Å². The number of esters is 1. The Morgan fingerprint density at radius 2 is 1.86 bits per heavy atom. The van der Waals surface area contributed by atoms with Gasteiger partial charge >= 0.3 is 5.97 Å². The summed E-state index contributed by atoms with van der Waals surface area (Å²) in [5.41, 5.74) is 3.74. The average Bonchev–Trinajstić information content (AvgIpc) is 2.07. The summed E-state index contributed by atoms with van der Waals surface area (Å²) in [5.74, 6) is 0.101. The highest BCUT2D eigenvalue weighted by Gasteiger charge is 2.01. The van der Waals surface area contributed by atoms with E-state index >= 15 is 0 Å². The Morgan fingerprint density at radius 3 is 2.36 bits per heavy atom. The molecule has 0 bridgehead atoms. The molecule has 0 spiro atoms. The highest BCUT2D eigenvalue weighted by Crippen LogP contribution is 2.18. The quantitative estimate of drug-likeness (QED) is 0.377. The van der Waals surface area contributed by atoms with E-state index in [4.69, 9.17) is 16.3 Å². The van der Waals surface area contributed by atoms with Crippen LogP contribution < -0.4 is 0 Å². The van der Waals surface area contributed by atoms with Gasteiger partial charge in [-0.05, 0) is 12.2 Å². The van der Waals surface area contributed by atoms with Crippen LogP contribution in [0.3, 0.4) is 0 Å². The summed E-state index contributed by atoms with van der Waals surface area (Å²) in [6.07, 6.45) is 7.11. The topological polar surface area (TPSA) is 26.3 Å². The Morgan fingerprint density at radius 1 is 1.29 bits per heavy atom. The van der Waals surface area contributed by atoms with Gasteiger partial charge in [-0.15, -0.1) is 11.6 Å². The Labute approximate surface area is 88.2 Å². The van der Waals surface area contributed by atoms with E-state index in [0.717, 1.165) is 5.57 Å². The van der Waals surface area contributed by atoms with Crippen LogP contribution in [-0.4, -0.2) is 5.97 Å². The lowest BCUT2D eigenvalue weighted by Crippen LogP contribution is -1.94. The zero-order valence-electron chi connectivity index (χ0n) is 8.00. The van der Waals surface area contributed by atoms with Gasteiger partial charge in [-0.3, -0.25) is 4.79 Å². The predicted molar refractivity (Wildman–Crippen MR) is 55.4 cm³/mol. The highest BCUT2D eigenvalue weighted by atomic mass is 35.5. The zero-order chi connectivity index (χ0) is 10.6. The highest BCUT2D eigenvalue weighted by molar-refractivity contribution is 6.30. The molecule has 1 rings (SSSR count). The summed E-state index contributed by atoms with van der Waals surface area (Å²) in [5, 5.41) is 0.667. The Kier molecular flexibility index (Phi) is 3.75. The molecule has 0 heterocycles. The molecular weight excluding hydrogens is 200 g/mol. The minimum Gasteiger partial charge on any atom is -0.423 e. The first kappa shape index (κ1) is 10.8.